The van der Waals surface area contributed by atoms with Crippen LogP contribution in [0.2, 0.25) is 0 Å². The van der Waals surface area contributed by atoms with Crippen LogP contribution in [0.1, 0.15) is 62.3 Å². The van der Waals surface area contributed by atoms with Gasteiger partial charge < -0.3 is 14.4 Å². The molecule has 0 spiro atoms. The second-order valence-electron chi connectivity index (χ2n) is 10.6. The topological polar surface area (TPSA) is 80.1 Å². The van der Waals surface area contributed by atoms with Crippen LogP contribution in [0.15, 0.2) is 36.5 Å². The molecule has 0 amide bonds. The Hall–Kier alpha value is -3.19. The molecule has 0 aliphatic heterocycles. The zero-order valence-electron chi connectivity index (χ0n) is 20.7. The predicted molar refractivity (Wildman–Crippen MR) is 135 cm³/mol. The summed E-state index contributed by atoms with van der Waals surface area (Å²) >= 11 is 0. The number of aliphatic carboxylic acids is 1. The summed E-state index contributed by atoms with van der Waals surface area (Å²) in [5.74, 6) is -0.990. The fraction of sp³-hybridized carbons (Fsp3) is 0.429. The molecule has 1 aliphatic rings. The van der Waals surface area contributed by atoms with Crippen LogP contribution < -0.4 is 0 Å². The maximum Gasteiger partial charge on any atom is 0.306 e. The number of methoxy groups -OCH3 is 1. The molecule has 0 radical (unpaired) electrons. The fourth-order valence-electron chi connectivity index (χ4n) is 5.92. The lowest BCUT2D eigenvalue weighted by Crippen LogP contribution is -2.29. The van der Waals surface area contributed by atoms with Gasteiger partial charge in [0.05, 0.1) is 29.8 Å². The van der Waals surface area contributed by atoms with Crippen molar-refractivity contribution in [2.45, 2.75) is 57.8 Å². The van der Waals surface area contributed by atoms with E-state index in [4.69, 9.17) is 4.74 Å². The van der Waals surface area contributed by atoms with Gasteiger partial charge in [-0.25, -0.2) is 4.39 Å². The van der Waals surface area contributed by atoms with E-state index >= 15 is 0 Å². The van der Waals surface area contributed by atoms with E-state index < -0.39 is 5.97 Å². The third-order valence-corrected chi connectivity index (χ3v) is 7.60. The number of hydrogen-bond acceptors (Lipinski definition) is 3. The number of ether oxygens (including phenoxy) is 1. The zero-order chi connectivity index (χ0) is 24.9. The Bertz CT molecular complexity index is 1410. The number of fused-ring (bicyclic) bond motifs is 2. The van der Waals surface area contributed by atoms with Crippen molar-refractivity contribution in [1.82, 2.24) is 14.8 Å². The number of benzene rings is 2. The molecule has 4 aromatic rings. The number of halogens is 1. The van der Waals surface area contributed by atoms with Crippen LogP contribution in [0.25, 0.3) is 27.5 Å². The van der Waals surface area contributed by atoms with E-state index in [0.29, 0.717) is 25.0 Å². The highest BCUT2D eigenvalue weighted by atomic mass is 19.1. The summed E-state index contributed by atoms with van der Waals surface area (Å²) in [5, 5.41) is 19.0. The first-order valence-electron chi connectivity index (χ1n) is 12.2. The minimum Gasteiger partial charge on any atom is -0.481 e. The minimum atomic E-state index is -0.702. The number of nitrogens with one attached hydrogen (secondary N) is 1. The molecule has 0 unspecified atom stereocenters. The second-order valence-corrected chi connectivity index (χ2v) is 10.6. The molecular formula is C28H32FN3O3. The van der Waals surface area contributed by atoms with E-state index in [-0.39, 0.29) is 23.1 Å². The monoisotopic (exact) mass is 477 g/mol. The van der Waals surface area contributed by atoms with Gasteiger partial charge in [0.1, 0.15) is 5.82 Å². The van der Waals surface area contributed by atoms with Crippen LogP contribution in [0.5, 0.6) is 0 Å². The quantitative estimate of drug-likeness (QED) is 0.345. The molecule has 184 valence electrons. The molecule has 0 bridgehead atoms. The maximum absolute atomic E-state index is 14.3. The Kier molecular flexibility index (Phi) is 5.91. The third-order valence-electron chi connectivity index (χ3n) is 7.60. The van der Waals surface area contributed by atoms with Gasteiger partial charge in [0.2, 0.25) is 0 Å². The molecule has 1 aliphatic carbocycles. The molecule has 0 saturated heterocycles. The summed E-state index contributed by atoms with van der Waals surface area (Å²) in [6.45, 7) is 6.65. The Labute approximate surface area is 204 Å². The van der Waals surface area contributed by atoms with Gasteiger partial charge in [-0.3, -0.25) is 9.89 Å². The van der Waals surface area contributed by atoms with Crippen LogP contribution in [0, 0.1) is 18.7 Å². The first-order valence-corrected chi connectivity index (χ1v) is 12.2. The van der Waals surface area contributed by atoms with Crippen molar-refractivity contribution in [2.24, 2.45) is 5.92 Å². The van der Waals surface area contributed by atoms with E-state index in [1.807, 2.05) is 18.3 Å². The smallest absolute Gasteiger partial charge is 0.306 e. The molecule has 2 heterocycles. The standard InChI is InChI=1S/C28H32FN3O3/c1-16-11-20(9-10-22(16)29)32-24-12-19-14-30-31-23(19)13-21(24)25(26(32)28(2,3)15-35-4)17-5-7-18(8-6-17)27(33)34/h9-14,17-18H,5-8,15H2,1-4H3,(H,30,31)(H,33,34). The van der Waals surface area contributed by atoms with Crippen molar-refractivity contribution in [2.75, 3.05) is 13.7 Å². The zero-order valence-corrected chi connectivity index (χ0v) is 20.7. The van der Waals surface area contributed by atoms with Crippen molar-refractivity contribution in [3.05, 3.63) is 59.2 Å². The van der Waals surface area contributed by atoms with Gasteiger partial charge in [-0.05, 0) is 80.0 Å². The number of carboxylic acids is 1. The normalized spacial score (nSPS) is 19.0. The highest BCUT2D eigenvalue weighted by Gasteiger charge is 2.37. The average molecular weight is 478 g/mol. The molecule has 1 fully saturated rings. The third kappa shape index (κ3) is 4.01. The van der Waals surface area contributed by atoms with Gasteiger partial charge in [-0.2, -0.15) is 5.10 Å². The van der Waals surface area contributed by atoms with Gasteiger partial charge in [0.15, 0.2) is 0 Å². The van der Waals surface area contributed by atoms with Crippen molar-refractivity contribution in [3.63, 3.8) is 0 Å². The molecule has 2 aromatic carbocycles. The van der Waals surface area contributed by atoms with Crippen molar-refractivity contribution in [3.8, 4) is 5.69 Å². The highest BCUT2D eigenvalue weighted by molar-refractivity contribution is 5.99. The van der Waals surface area contributed by atoms with Crippen molar-refractivity contribution < 1.29 is 19.0 Å². The number of H-pyrrole nitrogens is 1. The molecule has 2 N–H and O–H groups in total. The lowest BCUT2D eigenvalue weighted by molar-refractivity contribution is -0.142. The van der Waals surface area contributed by atoms with Crippen LogP contribution in [0.3, 0.4) is 0 Å². The number of aryl methyl sites for hydroxylation is 1. The summed E-state index contributed by atoms with van der Waals surface area (Å²) < 4.78 is 22.2. The number of aromatic amines is 1. The summed E-state index contributed by atoms with van der Waals surface area (Å²) in [4.78, 5) is 11.6. The largest absolute Gasteiger partial charge is 0.481 e. The van der Waals surface area contributed by atoms with Gasteiger partial charge in [-0.15, -0.1) is 0 Å². The molecule has 0 atom stereocenters. The Balaban J connectivity index is 1.83. The Morgan fingerprint density at radius 3 is 2.63 bits per heavy atom. The van der Waals surface area contributed by atoms with Gasteiger partial charge >= 0.3 is 5.97 Å². The first-order chi connectivity index (χ1) is 16.7. The Morgan fingerprint density at radius 1 is 1.23 bits per heavy atom. The van der Waals surface area contributed by atoms with Crippen molar-refractivity contribution in [1.29, 1.82) is 0 Å². The molecule has 6 nitrogen and oxygen atoms in total. The van der Waals surface area contributed by atoms with E-state index in [1.165, 1.54) is 11.6 Å². The first kappa shape index (κ1) is 23.5. The minimum absolute atomic E-state index is 0.224. The summed E-state index contributed by atoms with van der Waals surface area (Å²) in [6, 6.07) is 9.56. The fourth-order valence-corrected chi connectivity index (χ4v) is 5.92. The van der Waals surface area contributed by atoms with E-state index in [2.05, 4.69) is 40.7 Å². The van der Waals surface area contributed by atoms with E-state index in [0.717, 1.165) is 46.0 Å². The summed E-state index contributed by atoms with van der Waals surface area (Å²) in [7, 11) is 1.71. The van der Waals surface area contributed by atoms with Crippen LogP contribution in [-0.2, 0) is 14.9 Å². The average Bonchev–Trinajstić information content (AvgIpc) is 3.41. The molecular weight excluding hydrogens is 445 g/mol. The summed E-state index contributed by atoms with van der Waals surface area (Å²) in [6.07, 6.45) is 4.78. The Morgan fingerprint density at radius 2 is 1.97 bits per heavy atom. The highest BCUT2D eigenvalue weighted by Crippen LogP contribution is 2.47. The molecule has 35 heavy (non-hydrogen) atoms. The van der Waals surface area contributed by atoms with E-state index in [1.54, 1.807) is 14.0 Å². The predicted octanol–water partition coefficient (Wildman–Crippen LogP) is 6.24. The number of aromatic nitrogens is 3. The summed E-state index contributed by atoms with van der Waals surface area (Å²) in [5.41, 5.74) is 5.53. The number of carboxylic acid groups (broad SMARTS) is 1. The number of nitrogens with zero attached hydrogens (tertiary/aromatic N) is 2. The molecule has 1 saturated carbocycles. The second kappa shape index (κ2) is 8.79. The van der Waals surface area contributed by atoms with Crippen LogP contribution >= 0.6 is 0 Å². The van der Waals surface area contributed by atoms with E-state index in [9.17, 15) is 14.3 Å². The SMILES string of the molecule is COCC(C)(C)c1c(C2CCC(C(=O)O)CC2)c2cc3[nH]ncc3cc2n1-c1ccc(F)c(C)c1. The lowest BCUT2D eigenvalue weighted by Gasteiger charge is -2.32. The molecule has 5 rings (SSSR count). The van der Waals surface area contributed by atoms with Gasteiger partial charge in [-0.1, -0.05) is 13.8 Å². The van der Waals surface area contributed by atoms with Crippen LogP contribution in [-0.4, -0.2) is 39.6 Å². The van der Waals surface area contributed by atoms with Crippen LogP contribution in [0.4, 0.5) is 4.39 Å². The lowest BCUT2D eigenvalue weighted by atomic mass is 9.75. The van der Waals surface area contributed by atoms with Gasteiger partial charge in [0, 0.05) is 34.7 Å². The number of rotatable bonds is 6. The van der Waals surface area contributed by atoms with Gasteiger partial charge in [0.25, 0.3) is 0 Å². The maximum atomic E-state index is 14.3. The molecule has 7 heteroatoms. The van der Waals surface area contributed by atoms with Crippen molar-refractivity contribution >= 4 is 27.8 Å². The number of hydrogen-bond donors (Lipinski definition) is 2. The number of carbonyl (C=O) groups is 1. The molecule has 2 aromatic heterocycles.